The molecule has 0 unspecified atom stereocenters. The van der Waals surface area contributed by atoms with Gasteiger partial charge in [-0.05, 0) is 50.9 Å². The van der Waals surface area contributed by atoms with Crippen molar-refractivity contribution in [2.75, 3.05) is 6.61 Å². The van der Waals surface area contributed by atoms with Crippen LogP contribution in [0.5, 0.6) is 0 Å². The molecule has 0 aromatic heterocycles. The molecule has 2 saturated carbocycles. The van der Waals surface area contributed by atoms with E-state index in [1.807, 2.05) is 20.8 Å². The summed E-state index contributed by atoms with van der Waals surface area (Å²) in [6.45, 7) is 12.5. The van der Waals surface area contributed by atoms with Gasteiger partial charge in [-0.25, -0.2) is 0 Å². The van der Waals surface area contributed by atoms with Crippen molar-refractivity contribution in [3.05, 3.63) is 11.1 Å². The van der Waals surface area contributed by atoms with Crippen LogP contribution in [0.4, 0.5) is 0 Å². The van der Waals surface area contributed by atoms with E-state index in [-0.39, 0.29) is 16.8 Å². The predicted molar refractivity (Wildman–Crippen MR) is 79.2 cm³/mol. The minimum absolute atomic E-state index is 0.200. The molecular weight excluding hydrogens is 252 g/mol. The molecule has 114 valence electrons. The summed E-state index contributed by atoms with van der Waals surface area (Å²) in [6.07, 6.45) is 2.03. The molecule has 0 heterocycles. The fraction of sp³-hybridized carbons (Fsp3) is 0.824. The number of aliphatic hydroxyl groups excluding tert-OH is 1. The smallest absolute Gasteiger partial charge is 0.319 e. The first-order valence-corrected chi connectivity index (χ1v) is 7.65. The highest BCUT2D eigenvalue weighted by atomic mass is 16.5. The van der Waals surface area contributed by atoms with Crippen molar-refractivity contribution >= 4 is 5.97 Å². The van der Waals surface area contributed by atoms with Crippen molar-refractivity contribution < 1.29 is 14.6 Å². The summed E-state index contributed by atoms with van der Waals surface area (Å²) in [5.74, 6) is -0.228. The predicted octanol–water partition coefficient (Wildman–Crippen LogP) is 3.46. The standard InChI is InChI=1S/C17H28O3/c1-7-20-14(19)17-12(11(2)3)8-9-16(17,6)10-15(4,5)13(17)18/h13,18H,7-10H2,1-6H3/t13-,16+,17-/m1/s1. The number of hydrogen-bond acceptors (Lipinski definition) is 3. The molecule has 0 spiro atoms. The first-order valence-electron chi connectivity index (χ1n) is 7.65. The van der Waals surface area contributed by atoms with Gasteiger partial charge in [-0.1, -0.05) is 31.9 Å². The Bertz CT molecular complexity index is 459. The van der Waals surface area contributed by atoms with Crippen molar-refractivity contribution in [2.45, 2.75) is 66.9 Å². The highest BCUT2D eigenvalue weighted by molar-refractivity contribution is 5.85. The van der Waals surface area contributed by atoms with Gasteiger partial charge < -0.3 is 9.84 Å². The maximum absolute atomic E-state index is 12.9. The molecule has 0 radical (unpaired) electrons. The Labute approximate surface area is 122 Å². The SMILES string of the molecule is CCOC(=O)[C@]12C(=C(C)C)CC[C@@]1(C)CC(C)(C)[C@H]2O. The van der Waals surface area contributed by atoms with Gasteiger partial charge in [0.1, 0.15) is 5.41 Å². The maximum Gasteiger partial charge on any atom is 0.319 e. The third-order valence-corrected chi connectivity index (χ3v) is 5.55. The topological polar surface area (TPSA) is 46.5 Å². The lowest BCUT2D eigenvalue weighted by Gasteiger charge is -2.40. The van der Waals surface area contributed by atoms with Crippen LogP contribution in [0.25, 0.3) is 0 Å². The number of hydrogen-bond donors (Lipinski definition) is 1. The maximum atomic E-state index is 12.9. The minimum Gasteiger partial charge on any atom is -0.465 e. The van der Waals surface area contributed by atoms with E-state index < -0.39 is 11.5 Å². The molecule has 2 fully saturated rings. The largest absolute Gasteiger partial charge is 0.465 e. The Hall–Kier alpha value is -0.830. The second kappa shape index (κ2) is 4.59. The number of rotatable bonds is 2. The number of allylic oxidation sites excluding steroid dienone is 1. The average molecular weight is 280 g/mol. The number of esters is 1. The van der Waals surface area contributed by atoms with Gasteiger partial charge in [0.05, 0.1) is 12.7 Å². The van der Waals surface area contributed by atoms with Crippen LogP contribution in [0.15, 0.2) is 11.1 Å². The van der Waals surface area contributed by atoms with Gasteiger partial charge in [0.15, 0.2) is 0 Å². The number of carbonyl (C=O) groups is 1. The molecule has 3 atom stereocenters. The lowest BCUT2D eigenvalue weighted by atomic mass is 9.65. The summed E-state index contributed by atoms with van der Waals surface area (Å²) in [4.78, 5) is 12.9. The van der Waals surface area contributed by atoms with E-state index in [1.165, 1.54) is 0 Å². The van der Waals surface area contributed by atoms with E-state index in [0.717, 1.165) is 30.4 Å². The van der Waals surface area contributed by atoms with Gasteiger partial charge in [0.2, 0.25) is 0 Å². The summed E-state index contributed by atoms with van der Waals surface area (Å²) in [7, 11) is 0. The highest BCUT2D eigenvalue weighted by Crippen LogP contribution is 2.70. The molecule has 0 amide bonds. The Morgan fingerprint density at radius 2 is 1.95 bits per heavy atom. The van der Waals surface area contributed by atoms with Crippen LogP contribution in [0.3, 0.4) is 0 Å². The number of ether oxygens (including phenoxy) is 1. The fourth-order valence-electron chi connectivity index (χ4n) is 4.94. The monoisotopic (exact) mass is 280 g/mol. The number of carbonyl (C=O) groups excluding carboxylic acids is 1. The van der Waals surface area contributed by atoms with E-state index in [4.69, 9.17) is 4.74 Å². The molecule has 0 aromatic rings. The first kappa shape index (κ1) is 15.6. The van der Waals surface area contributed by atoms with E-state index in [1.54, 1.807) is 0 Å². The van der Waals surface area contributed by atoms with Gasteiger partial charge in [-0.15, -0.1) is 0 Å². The normalized spacial score (nSPS) is 38.8. The zero-order chi connectivity index (χ0) is 15.3. The second-order valence-electron chi connectivity index (χ2n) is 7.64. The van der Waals surface area contributed by atoms with Gasteiger partial charge in [0.25, 0.3) is 0 Å². The molecule has 2 rings (SSSR count). The van der Waals surface area contributed by atoms with Crippen molar-refractivity contribution in [1.82, 2.24) is 0 Å². The third-order valence-electron chi connectivity index (χ3n) is 5.55. The van der Waals surface area contributed by atoms with E-state index in [0.29, 0.717) is 6.61 Å². The molecule has 20 heavy (non-hydrogen) atoms. The van der Waals surface area contributed by atoms with E-state index >= 15 is 0 Å². The number of aliphatic hydroxyl groups is 1. The fourth-order valence-corrected chi connectivity index (χ4v) is 4.94. The highest BCUT2D eigenvalue weighted by Gasteiger charge is 2.72. The lowest BCUT2D eigenvalue weighted by Crippen LogP contribution is -2.49. The summed E-state index contributed by atoms with van der Waals surface area (Å²) in [6, 6.07) is 0. The molecule has 0 aliphatic heterocycles. The van der Waals surface area contributed by atoms with Crippen LogP contribution in [0.1, 0.15) is 60.8 Å². The van der Waals surface area contributed by atoms with Crippen LogP contribution < -0.4 is 0 Å². The molecule has 2 aliphatic carbocycles. The summed E-state index contributed by atoms with van der Waals surface area (Å²) in [5, 5.41) is 11.0. The van der Waals surface area contributed by atoms with Crippen LogP contribution in [-0.4, -0.2) is 23.8 Å². The Balaban J connectivity index is 2.68. The third kappa shape index (κ3) is 1.71. The Kier molecular flexibility index (Phi) is 3.57. The lowest BCUT2D eigenvalue weighted by molar-refractivity contribution is -0.165. The van der Waals surface area contributed by atoms with Crippen molar-refractivity contribution in [2.24, 2.45) is 16.2 Å². The number of fused-ring (bicyclic) bond motifs is 1. The van der Waals surface area contributed by atoms with E-state index in [2.05, 4.69) is 20.8 Å². The molecule has 2 aliphatic rings. The van der Waals surface area contributed by atoms with Crippen molar-refractivity contribution in [3.8, 4) is 0 Å². The van der Waals surface area contributed by atoms with Crippen molar-refractivity contribution in [1.29, 1.82) is 0 Å². The van der Waals surface area contributed by atoms with Crippen LogP contribution in [0, 0.1) is 16.2 Å². The van der Waals surface area contributed by atoms with Crippen LogP contribution >= 0.6 is 0 Å². The van der Waals surface area contributed by atoms with Crippen molar-refractivity contribution in [3.63, 3.8) is 0 Å². The van der Waals surface area contributed by atoms with Gasteiger partial charge >= 0.3 is 5.97 Å². The summed E-state index contributed by atoms with van der Waals surface area (Å²) in [5.41, 5.74) is 0.956. The molecule has 0 bridgehead atoms. The Morgan fingerprint density at radius 1 is 1.35 bits per heavy atom. The van der Waals surface area contributed by atoms with Crippen LogP contribution in [-0.2, 0) is 9.53 Å². The van der Waals surface area contributed by atoms with Gasteiger partial charge in [-0.3, -0.25) is 4.79 Å². The molecule has 3 heteroatoms. The minimum atomic E-state index is -0.842. The van der Waals surface area contributed by atoms with E-state index in [9.17, 15) is 9.90 Å². The quantitative estimate of drug-likeness (QED) is 0.622. The van der Waals surface area contributed by atoms with Crippen LogP contribution in [0.2, 0.25) is 0 Å². The zero-order valence-electron chi connectivity index (χ0n) is 13.7. The molecular formula is C17H28O3. The summed E-state index contributed by atoms with van der Waals surface area (Å²) < 4.78 is 5.41. The summed E-state index contributed by atoms with van der Waals surface area (Å²) >= 11 is 0. The average Bonchev–Trinajstić information content (AvgIpc) is 2.68. The molecule has 1 N–H and O–H groups in total. The molecule has 0 saturated heterocycles. The Morgan fingerprint density at radius 3 is 2.45 bits per heavy atom. The molecule has 3 nitrogen and oxygen atoms in total. The second-order valence-corrected chi connectivity index (χ2v) is 7.64. The first-order chi connectivity index (χ1) is 9.13. The zero-order valence-corrected chi connectivity index (χ0v) is 13.7. The van der Waals surface area contributed by atoms with Gasteiger partial charge in [-0.2, -0.15) is 0 Å². The molecule has 0 aromatic carbocycles. The van der Waals surface area contributed by atoms with Gasteiger partial charge in [0, 0.05) is 0 Å².